The van der Waals surface area contributed by atoms with E-state index < -0.39 is 11.7 Å². The number of nitrogens with zero attached hydrogens (tertiary/aromatic N) is 1. The number of alkyl halides is 3. The first-order valence-corrected chi connectivity index (χ1v) is 3.68. The van der Waals surface area contributed by atoms with E-state index in [2.05, 4.69) is 4.98 Å². The van der Waals surface area contributed by atoms with Crippen molar-refractivity contribution in [2.24, 2.45) is 5.73 Å². The van der Waals surface area contributed by atoms with Gasteiger partial charge in [0, 0.05) is 18.4 Å². The first-order valence-electron chi connectivity index (χ1n) is 3.68. The molecule has 1 rings (SSSR count). The molecule has 0 aliphatic heterocycles. The zero-order valence-corrected chi connectivity index (χ0v) is 8.25. The number of halogens is 4. The van der Waals surface area contributed by atoms with E-state index in [1.807, 2.05) is 0 Å². The van der Waals surface area contributed by atoms with Gasteiger partial charge in [0.15, 0.2) is 0 Å². The third-order valence-corrected chi connectivity index (χ3v) is 1.68. The first-order chi connectivity index (χ1) is 5.95. The summed E-state index contributed by atoms with van der Waals surface area (Å²) in [5, 5.41) is 0. The highest BCUT2D eigenvalue weighted by molar-refractivity contribution is 5.85. The quantitative estimate of drug-likeness (QED) is 0.798. The average Bonchev–Trinajstić information content (AvgIpc) is 2.03. The molecule has 0 aliphatic carbocycles. The van der Waals surface area contributed by atoms with Crippen LogP contribution in [0.2, 0.25) is 0 Å². The Morgan fingerprint density at radius 3 is 2.43 bits per heavy atom. The summed E-state index contributed by atoms with van der Waals surface area (Å²) >= 11 is 0. The van der Waals surface area contributed by atoms with Crippen molar-refractivity contribution in [3.05, 3.63) is 29.1 Å². The fraction of sp³-hybridized carbons (Fsp3) is 0.375. The lowest BCUT2D eigenvalue weighted by atomic mass is 10.1. The Balaban J connectivity index is 0.00000169. The average molecular weight is 227 g/mol. The third kappa shape index (κ3) is 2.85. The van der Waals surface area contributed by atoms with Crippen LogP contribution in [0.15, 0.2) is 12.3 Å². The van der Waals surface area contributed by atoms with E-state index >= 15 is 0 Å². The molecule has 6 heteroatoms. The highest BCUT2D eigenvalue weighted by Gasteiger charge is 2.33. The van der Waals surface area contributed by atoms with Crippen molar-refractivity contribution in [1.29, 1.82) is 0 Å². The highest BCUT2D eigenvalue weighted by atomic mass is 35.5. The molecular formula is C8H10ClF3N2. The van der Waals surface area contributed by atoms with Gasteiger partial charge in [-0.1, -0.05) is 0 Å². The second kappa shape index (κ2) is 4.61. The summed E-state index contributed by atoms with van der Waals surface area (Å²) in [5.74, 6) is 0. The second-order valence-electron chi connectivity index (χ2n) is 2.68. The second-order valence-corrected chi connectivity index (χ2v) is 2.68. The predicted molar refractivity (Wildman–Crippen MR) is 49.1 cm³/mol. The van der Waals surface area contributed by atoms with E-state index in [1.165, 1.54) is 13.1 Å². The smallest absolute Gasteiger partial charge is 0.326 e. The van der Waals surface area contributed by atoms with E-state index in [0.29, 0.717) is 5.56 Å². The van der Waals surface area contributed by atoms with Gasteiger partial charge in [-0.15, -0.1) is 12.4 Å². The Bertz CT molecular complexity index is 312. The van der Waals surface area contributed by atoms with Gasteiger partial charge in [0.05, 0.1) is 5.56 Å². The minimum Gasteiger partial charge on any atom is -0.326 e. The van der Waals surface area contributed by atoms with Crippen LogP contribution in [0.3, 0.4) is 0 Å². The lowest BCUT2D eigenvalue weighted by Gasteiger charge is -2.10. The summed E-state index contributed by atoms with van der Waals surface area (Å²) in [6, 6.07) is 1.03. The molecule has 2 N–H and O–H groups in total. The molecule has 0 aromatic carbocycles. The molecule has 1 heterocycles. The molecule has 0 atom stereocenters. The lowest BCUT2D eigenvalue weighted by Crippen LogP contribution is -2.10. The van der Waals surface area contributed by atoms with Crippen LogP contribution < -0.4 is 5.73 Å². The molecule has 0 saturated heterocycles. The van der Waals surface area contributed by atoms with Crippen LogP contribution in [0.25, 0.3) is 0 Å². The summed E-state index contributed by atoms with van der Waals surface area (Å²) in [4.78, 5) is 3.62. The number of hydrogen-bond donors (Lipinski definition) is 1. The van der Waals surface area contributed by atoms with E-state index in [1.54, 1.807) is 0 Å². The fourth-order valence-corrected chi connectivity index (χ4v) is 0.975. The molecule has 0 unspecified atom stereocenters. The summed E-state index contributed by atoms with van der Waals surface area (Å²) in [6.07, 6.45) is -2.99. The van der Waals surface area contributed by atoms with Gasteiger partial charge in [0.1, 0.15) is 0 Å². The third-order valence-electron chi connectivity index (χ3n) is 1.68. The number of hydrogen-bond acceptors (Lipinski definition) is 2. The summed E-state index contributed by atoms with van der Waals surface area (Å²) in [7, 11) is 0. The van der Waals surface area contributed by atoms with Gasteiger partial charge in [-0.25, -0.2) is 0 Å². The van der Waals surface area contributed by atoms with Crippen molar-refractivity contribution in [3.63, 3.8) is 0 Å². The van der Waals surface area contributed by atoms with Crippen molar-refractivity contribution in [2.45, 2.75) is 19.6 Å². The summed E-state index contributed by atoms with van der Waals surface area (Å²) in [6.45, 7) is 1.39. The number of aryl methyl sites for hydroxylation is 1. The molecule has 2 nitrogen and oxygen atoms in total. The van der Waals surface area contributed by atoms with Crippen LogP contribution in [-0.2, 0) is 12.7 Å². The van der Waals surface area contributed by atoms with Crippen molar-refractivity contribution < 1.29 is 13.2 Å². The molecule has 0 spiro atoms. The van der Waals surface area contributed by atoms with Crippen LogP contribution in [0.1, 0.15) is 16.8 Å². The van der Waals surface area contributed by atoms with Gasteiger partial charge in [0.25, 0.3) is 0 Å². The van der Waals surface area contributed by atoms with Gasteiger partial charge in [-0.2, -0.15) is 13.2 Å². The van der Waals surface area contributed by atoms with Gasteiger partial charge in [-0.05, 0) is 18.6 Å². The first kappa shape index (κ1) is 13.2. The molecule has 14 heavy (non-hydrogen) atoms. The molecule has 1 aromatic heterocycles. The van der Waals surface area contributed by atoms with Gasteiger partial charge >= 0.3 is 6.18 Å². The van der Waals surface area contributed by atoms with E-state index in [0.717, 1.165) is 6.07 Å². The molecule has 80 valence electrons. The molecule has 0 aliphatic rings. The van der Waals surface area contributed by atoms with Crippen LogP contribution in [0, 0.1) is 6.92 Å². The number of aromatic nitrogens is 1. The van der Waals surface area contributed by atoms with Crippen molar-refractivity contribution >= 4 is 12.4 Å². The van der Waals surface area contributed by atoms with Gasteiger partial charge < -0.3 is 5.73 Å². The Kier molecular flexibility index (Phi) is 4.35. The topological polar surface area (TPSA) is 38.9 Å². The van der Waals surface area contributed by atoms with Crippen LogP contribution >= 0.6 is 12.4 Å². The van der Waals surface area contributed by atoms with Crippen LogP contribution in [0.5, 0.6) is 0 Å². The maximum absolute atomic E-state index is 12.3. The maximum Gasteiger partial charge on any atom is 0.418 e. The highest BCUT2D eigenvalue weighted by Crippen LogP contribution is 2.31. The van der Waals surface area contributed by atoms with E-state index in [4.69, 9.17) is 5.73 Å². The SMILES string of the molecule is Cc1ncc(CN)cc1C(F)(F)F.Cl. The zero-order valence-electron chi connectivity index (χ0n) is 7.43. The molecule has 0 fully saturated rings. The Morgan fingerprint density at radius 2 is 2.00 bits per heavy atom. The normalized spacial score (nSPS) is 10.9. The number of nitrogens with two attached hydrogens (primary N) is 1. The minimum absolute atomic E-state index is 0. The standard InChI is InChI=1S/C8H9F3N2.ClH/c1-5-7(8(9,10)11)2-6(3-12)4-13-5;/h2,4H,3,12H2,1H3;1H. The van der Waals surface area contributed by atoms with Gasteiger partial charge in [-0.3, -0.25) is 4.98 Å². The Hall–Kier alpha value is -0.810. The number of rotatable bonds is 1. The fourth-order valence-electron chi connectivity index (χ4n) is 0.975. The molecular weight excluding hydrogens is 217 g/mol. The van der Waals surface area contributed by atoms with Crippen molar-refractivity contribution in [3.8, 4) is 0 Å². The zero-order chi connectivity index (χ0) is 10.1. The monoisotopic (exact) mass is 226 g/mol. The maximum atomic E-state index is 12.3. The van der Waals surface area contributed by atoms with E-state index in [9.17, 15) is 13.2 Å². The van der Waals surface area contributed by atoms with Crippen LogP contribution in [0.4, 0.5) is 13.2 Å². The number of pyridine rings is 1. The Labute approximate surface area is 85.7 Å². The Morgan fingerprint density at radius 1 is 1.43 bits per heavy atom. The van der Waals surface area contributed by atoms with Crippen molar-refractivity contribution in [2.75, 3.05) is 0 Å². The van der Waals surface area contributed by atoms with Crippen LogP contribution in [-0.4, -0.2) is 4.98 Å². The summed E-state index contributed by atoms with van der Waals surface area (Å²) in [5.41, 5.74) is 4.86. The van der Waals surface area contributed by atoms with Crippen molar-refractivity contribution in [1.82, 2.24) is 4.98 Å². The molecule has 1 aromatic rings. The largest absolute Gasteiger partial charge is 0.418 e. The summed E-state index contributed by atoms with van der Waals surface area (Å²) < 4.78 is 36.9. The van der Waals surface area contributed by atoms with E-state index in [-0.39, 0.29) is 24.6 Å². The predicted octanol–water partition coefficient (Wildman–Crippen LogP) is 2.29. The molecule has 0 bridgehead atoms. The molecule has 0 radical (unpaired) electrons. The van der Waals surface area contributed by atoms with Gasteiger partial charge in [0.2, 0.25) is 0 Å². The lowest BCUT2D eigenvalue weighted by molar-refractivity contribution is -0.138. The molecule has 0 saturated carbocycles. The minimum atomic E-state index is -4.34. The molecule has 0 amide bonds.